The van der Waals surface area contributed by atoms with Crippen molar-refractivity contribution in [2.75, 3.05) is 0 Å². The molecule has 2 bridgehead atoms. The van der Waals surface area contributed by atoms with E-state index in [0.717, 1.165) is 11.8 Å². The summed E-state index contributed by atoms with van der Waals surface area (Å²) >= 11 is 0. The van der Waals surface area contributed by atoms with Crippen molar-refractivity contribution in [1.82, 2.24) is 0 Å². The van der Waals surface area contributed by atoms with E-state index in [-0.39, 0.29) is 0 Å². The third-order valence-corrected chi connectivity index (χ3v) is 4.01. The van der Waals surface area contributed by atoms with E-state index in [9.17, 15) is 5.53 Å². The average molecular weight is 150 g/mol. The Bertz CT molecular complexity index is 210. The molecular formula is C9H14N2. The first kappa shape index (κ1) is 6.15. The van der Waals surface area contributed by atoms with Crippen LogP contribution in [0.2, 0.25) is 0 Å². The Hall–Kier alpha value is -0.400. The van der Waals surface area contributed by atoms with Gasteiger partial charge in [-0.15, -0.1) is 0 Å². The van der Waals surface area contributed by atoms with Gasteiger partial charge in [-0.3, -0.25) is 0 Å². The Balaban J connectivity index is 1.98. The van der Waals surface area contributed by atoms with Crippen molar-refractivity contribution in [2.45, 2.75) is 44.2 Å². The highest BCUT2D eigenvalue weighted by atomic mass is 15.3. The van der Waals surface area contributed by atoms with Crippen LogP contribution >= 0.6 is 0 Å². The number of piperidine rings is 1. The van der Waals surface area contributed by atoms with E-state index >= 15 is 0 Å². The Morgan fingerprint density at radius 3 is 2.82 bits per heavy atom. The fourth-order valence-electron chi connectivity index (χ4n) is 3.55. The lowest BCUT2D eigenvalue weighted by molar-refractivity contribution is -0.615. The zero-order valence-electron chi connectivity index (χ0n) is 6.74. The van der Waals surface area contributed by atoms with Crippen LogP contribution in [-0.4, -0.2) is 16.8 Å². The Morgan fingerprint density at radius 2 is 2.09 bits per heavy atom. The third kappa shape index (κ3) is 0.633. The van der Waals surface area contributed by atoms with Gasteiger partial charge in [0.1, 0.15) is 12.1 Å². The number of rotatable bonds is 0. The van der Waals surface area contributed by atoms with Gasteiger partial charge in [-0.25, -0.2) is 0 Å². The van der Waals surface area contributed by atoms with Crippen molar-refractivity contribution in [3.05, 3.63) is 5.53 Å². The molecule has 11 heavy (non-hydrogen) atoms. The molecule has 0 aromatic carbocycles. The van der Waals surface area contributed by atoms with Crippen LogP contribution in [0.1, 0.15) is 32.1 Å². The molecule has 0 spiro atoms. The third-order valence-electron chi connectivity index (χ3n) is 4.01. The predicted octanol–water partition coefficient (Wildman–Crippen LogP) is 1.98. The van der Waals surface area contributed by atoms with Crippen LogP contribution in [0.4, 0.5) is 0 Å². The van der Waals surface area contributed by atoms with E-state index in [1.807, 2.05) is 0 Å². The Morgan fingerprint density at radius 1 is 1.18 bits per heavy atom. The molecule has 0 aromatic rings. The molecule has 0 amide bonds. The number of hydrogen-bond acceptors (Lipinski definition) is 0. The van der Waals surface area contributed by atoms with E-state index in [2.05, 4.69) is 0 Å². The number of fused-ring (bicyclic) bond motifs is 1. The summed E-state index contributed by atoms with van der Waals surface area (Å²) in [7, 11) is 0. The van der Waals surface area contributed by atoms with Crippen LogP contribution in [0, 0.1) is 11.8 Å². The molecule has 0 aromatic heterocycles. The van der Waals surface area contributed by atoms with E-state index in [4.69, 9.17) is 0 Å². The highest BCUT2D eigenvalue weighted by Gasteiger charge is 2.54. The van der Waals surface area contributed by atoms with Crippen molar-refractivity contribution >= 4 is 0 Å². The predicted molar refractivity (Wildman–Crippen MR) is 41.3 cm³/mol. The first-order valence-electron chi connectivity index (χ1n) is 4.83. The molecule has 3 fully saturated rings. The minimum Gasteiger partial charge on any atom is -0.506 e. The van der Waals surface area contributed by atoms with E-state index in [0.29, 0.717) is 12.1 Å². The van der Waals surface area contributed by atoms with E-state index in [1.165, 1.54) is 32.1 Å². The van der Waals surface area contributed by atoms with Crippen LogP contribution in [0.25, 0.3) is 5.53 Å². The van der Waals surface area contributed by atoms with Gasteiger partial charge in [0.2, 0.25) is 0 Å². The van der Waals surface area contributed by atoms with Gasteiger partial charge in [-0.05, 0) is 18.8 Å². The summed E-state index contributed by atoms with van der Waals surface area (Å²) < 4.78 is 1.67. The summed E-state index contributed by atoms with van der Waals surface area (Å²) in [6.45, 7) is 0. The molecule has 2 nitrogen and oxygen atoms in total. The van der Waals surface area contributed by atoms with Crippen LogP contribution in [0.5, 0.6) is 0 Å². The molecule has 0 radical (unpaired) electrons. The summed E-state index contributed by atoms with van der Waals surface area (Å²) in [5.41, 5.74) is 9.66. The van der Waals surface area contributed by atoms with Crippen LogP contribution in [-0.2, 0) is 0 Å². The standard InChI is InChI=1S/C9H14N2/c10-11-7-4-6-2-1-3-9(11)8(6)5-7/h6-9H,1-5H2. The summed E-state index contributed by atoms with van der Waals surface area (Å²) in [5, 5.41) is 0. The zero-order chi connectivity index (χ0) is 7.42. The molecule has 1 aliphatic heterocycles. The maximum Gasteiger partial charge on any atom is 0.144 e. The summed E-state index contributed by atoms with van der Waals surface area (Å²) in [4.78, 5) is 0. The van der Waals surface area contributed by atoms with Crippen molar-refractivity contribution in [3.63, 3.8) is 0 Å². The van der Waals surface area contributed by atoms with Gasteiger partial charge < -0.3 is 10.2 Å². The summed E-state index contributed by atoms with van der Waals surface area (Å²) in [6.07, 6.45) is 6.58. The Labute approximate surface area is 67.1 Å². The smallest absolute Gasteiger partial charge is 0.144 e. The second-order valence-electron chi connectivity index (χ2n) is 4.43. The van der Waals surface area contributed by atoms with Crippen molar-refractivity contribution in [1.29, 1.82) is 0 Å². The molecule has 4 unspecified atom stereocenters. The van der Waals surface area contributed by atoms with Gasteiger partial charge in [0.05, 0.1) is 0 Å². The minimum absolute atomic E-state index is 0.537. The average Bonchev–Trinajstić information content (AvgIpc) is 2.53. The van der Waals surface area contributed by atoms with Gasteiger partial charge >= 0.3 is 0 Å². The molecule has 2 saturated carbocycles. The lowest BCUT2D eigenvalue weighted by Gasteiger charge is -2.33. The van der Waals surface area contributed by atoms with Crippen LogP contribution in [0.3, 0.4) is 0 Å². The maximum atomic E-state index is 9.66. The lowest BCUT2D eigenvalue weighted by atomic mass is 9.78. The normalized spacial score (nSPS) is 53.6. The SMILES string of the molecule is [N-]=[N+]1C2CC3CCCC1C3C2. The van der Waals surface area contributed by atoms with Crippen molar-refractivity contribution in [3.8, 4) is 0 Å². The highest BCUT2D eigenvalue weighted by Crippen LogP contribution is 2.50. The van der Waals surface area contributed by atoms with Crippen LogP contribution < -0.4 is 0 Å². The number of hydrogen-bond donors (Lipinski definition) is 0. The fourth-order valence-corrected chi connectivity index (χ4v) is 3.55. The van der Waals surface area contributed by atoms with Gasteiger partial charge in [-0.1, -0.05) is 0 Å². The van der Waals surface area contributed by atoms with Crippen molar-refractivity contribution < 1.29 is 4.70 Å². The molecule has 3 rings (SSSR count). The van der Waals surface area contributed by atoms with Crippen LogP contribution in [0.15, 0.2) is 0 Å². The van der Waals surface area contributed by atoms with Crippen molar-refractivity contribution in [2.24, 2.45) is 11.8 Å². The molecule has 60 valence electrons. The lowest BCUT2D eigenvalue weighted by Crippen LogP contribution is -2.38. The molecule has 2 heteroatoms. The Kier molecular flexibility index (Phi) is 1.03. The first-order chi connectivity index (χ1) is 5.36. The molecule has 0 N–H and O–H groups in total. The highest BCUT2D eigenvalue weighted by molar-refractivity contribution is 4.95. The monoisotopic (exact) mass is 150 g/mol. The fraction of sp³-hybridized carbons (Fsp3) is 1.00. The summed E-state index contributed by atoms with van der Waals surface area (Å²) in [5.74, 6) is 1.83. The van der Waals surface area contributed by atoms with Gasteiger partial charge in [-0.2, -0.15) is 0 Å². The zero-order valence-corrected chi connectivity index (χ0v) is 6.74. The van der Waals surface area contributed by atoms with Gasteiger partial charge in [0.25, 0.3) is 0 Å². The largest absolute Gasteiger partial charge is 0.506 e. The van der Waals surface area contributed by atoms with E-state index < -0.39 is 0 Å². The molecule has 1 saturated heterocycles. The number of nitrogens with zero attached hydrogens (tertiary/aromatic N) is 2. The first-order valence-corrected chi connectivity index (χ1v) is 4.83. The van der Waals surface area contributed by atoms with Gasteiger partial charge in [0, 0.05) is 25.2 Å². The second-order valence-corrected chi connectivity index (χ2v) is 4.43. The molecule has 3 aliphatic rings. The summed E-state index contributed by atoms with van der Waals surface area (Å²) in [6, 6.07) is 1.09. The topological polar surface area (TPSA) is 25.3 Å². The quantitative estimate of drug-likeness (QED) is 0.472. The molecular weight excluding hydrogens is 136 g/mol. The minimum atomic E-state index is 0.537. The maximum absolute atomic E-state index is 9.66. The molecule has 4 atom stereocenters. The molecule has 2 aliphatic carbocycles. The van der Waals surface area contributed by atoms with E-state index in [1.54, 1.807) is 4.70 Å². The second kappa shape index (κ2) is 1.85. The molecule has 1 heterocycles. The van der Waals surface area contributed by atoms with Gasteiger partial charge in [0.15, 0.2) is 0 Å².